The van der Waals surface area contributed by atoms with Crippen LogP contribution in [0, 0.1) is 17.8 Å². The fourth-order valence-electron chi connectivity index (χ4n) is 8.00. The summed E-state index contributed by atoms with van der Waals surface area (Å²) in [5.74, 6) is 0.484. The quantitative estimate of drug-likeness (QED) is 0.336. The maximum Gasteiger partial charge on any atom is 0.355 e. The van der Waals surface area contributed by atoms with Crippen LogP contribution in [-0.2, 0) is 11.2 Å². The van der Waals surface area contributed by atoms with E-state index in [0.717, 1.165) is 37.7 Å². The fourth-order valence-corrected chi connectivity index (χ4v) is 8.00. The normalized spacial score (nSPS) is 25.9. The zero-order chi connectivity index (χ0) is 29.0. The number of nitrogens with zero attached hydrogens (tertiary/aromatic N) is 2. The molecular weight excluding hydrogens is 530 g/mol. The van der Waals surface area contributed by atoms with Gasteiger partial charge in [-0.05, 0) is 91.8 Å². The molecule has 4 saturated carbocycles. The van der Waals surface area contributed by atoms with Crippen LogP contribution in [0.5, 0.6) is 0 Å². The van der Waals surface area contributed by atoms with Crippen LogP contribution in [0.4, 0.5) is 0 Å². The molecule has 8 heteroatoms. The van der Waals surface area contributed by atoms with Crippen molar-refractivity contribution >= 4 is 22.9 Å². The van der Waals surface area contributed by atoms with E-state index in [2.05, 4.69) is 10.3 Å². The second-order valence-corrected chi connectivity index (χ2v) is 12.3. The van der Waals surface area contributed by atoms with Crippen molar-refractivity contribution in [3.63, 3.8) is 0 Å². The number of ether oxygens (including phenoxy) is 1. The number of methoxy groups -OCH3 is 1. The highest BCUT2D eigenvalue weighted by molar-refractivity contribution is 5.95. The molecule has 2 aromatic heterocycles. The highest BCUT2D eigenvalue weighted by atomic mass is 16.5. The number of esters is 1. The Morgan fingerprint density at radius 2 is 1.71 bits per heavy atom. The molecule has 0 radical (unpaired) electrons. The summed E-state index contributed by atoms with van der Waals surface area (Å²) in [6, 6.07) is 20.0. The smallest absolute Gasteiger partial charge is 0.355 e. The predicted octanol–water partition coefficient (Wildman–Crippen LogP) is 4.43. The number of amides is 1. The minimum Gasteiger partial charge on any atom is -0.464 e. The number of carbonyl (C=O) groups excluding carboxylic acids is 2. The summed E-state index contributed by atoms with van der Waals surface area (Å²) >= 11 is 0. The standard InChI is InChI=1S/C34H33N3O5/c1-42-33(40)29-27(30(38)26-8-5-13-35-31(26)37(29)25-6-3-2-4-7-25)16-20-9-11-22(12-10-20)32(39)36-28-23-14-21-15-24(28)19-34(41,17-21)18-23/h2-13,21,23-24,28,41H,14-19H2,1H3,(H,36,39)/t21-,23+,24-,28-,34-. The van der Waals surface area contributed by atoms with Crippen molar-refractivity contribution in [1.82, 2.24) is 14.9 Å². The number of hydrogen-bond acceptors (Lipinski definition) is 6. The van der Waals surface area contributed by atoms with E-state index < -0.39 is 11.6 Å². The van der Waals surface area contributed by atoms with Gasteiger partial charge in [-0.25, -0.2) is 9.78 Å². The van der Waals surface area contributed by atoms with Gasteiger partial charge in [-0.3, -0.25) is 14.2 Å². The molecule has 4 aliphatic rings. The lowest BCUT2D eigenvalue weighted by Crippen LogP contribution is -2.61. The van der Waals surface area contributed by atoms with Crippen molar-refractivity contribution in [2.45, 2.75) is 50.2 Å². The summed E-state index contributed by atoms with van der Waals surface area (Å²) in [6.45, 7) is 0. The number of benzene rings is 2. The van der Waals surface area contributed by atoms with Gasteiger partial charge in [0.05, 0.1) is 18.1 Å². The van der Waals surface area contributed by atoms with Gasteiger partial charge >= 0.3 is 5.97 Å². The maximum absolute atomic E-state index is 13.8. The molecular formula is C34H33N3O5. The Morgan fingerprint density at radius 1 is 1.00 bits per heavy atom. The molecule has 0 spiro atoms. The van der Waals surface area contributed by atoms with Crippen molar-refractivity contribution in [2.75, 3.05) is 7.11 Å². The Hall–Kier alpha value is -4.30. The van der Waals surface area contributed by atoms with Crippen molar-refractivity contribution in [3.8, 4) is 5.69 Å². The van der Waals surface area contributed by atoms with Crippen molar-refractivity contribution < 1.29 is 19.4 Å². The summed E-state index contributed by atoms with van der Waals surface area (Å²) in [5.41, 5.74) is 2.00. The Balaban J connectivity index is 1.20. The predicted molar refractivity (Wildman–Crippen MR) is 158 cm³/mol. The lowest BCUT2D eigenvalue weighted by Gasteiger charge is -2.58. The number of aromatic nitrogens is 2. The Morgan fingerprint density at radius 3 is 2.38 bits per heavy atom. The highest BCUT2D eigenvalue weighted by Gasteiger charge is 2.55. The second-order valence-electron chi connectivity index (χ2n) is 12.3. The average molecular weight is 564 g/mol. The maximum atomic E-state index is 13.8. The van der Waals surface area contributed by atoms with Gasteiger partial charge < -0.3 is 15.2 Å². The monoisotopic (exact) mass is 563 g/mol. The van der Waals surface area contributed by atoms with E-state index in [1.807, 2.05) is 42.5 Å². The van der Waals surface area contributed by atoms with Gasteiger partial charge in [-0.2, -0.15) is 0 Å². The first-order chi connectivity index (χ1) is 20.3. The Labute approximate surface area is 243 Å². The third-order valence-corrected chi connectivity index (χ3v) is 9.56. The largest absolute Gasteiger partial charge is 0.464 e. The first-order valence-electron chi connectivity index (χ1n) is 14.6. The van der Waals surface area contributed by atoms with Gasteiger partial charge in [0.15, 0.2) is 5.43 Å². The molecule has 2 aromatic carbocycles. The number of para-hydroxylation sites is 1. The third-order valence-electron chi connectivity index (χ3n) is 9.56. The number of carbonyl (C=O) groups is 2. The van der Waals surface area contributed by atoms with Gasteiger partial charge in [0, 0.05) is 35.5 Å². The van der Waals surface area contributed by atoms with Crippen LogP contribution in [0.25, 0.3) is 16.7 Å². The molecule has 42 heavy (non-hydrogen) atoms. The van der Waals surface area contributed by atoms with E-state index in [1.54, 1.807) is 35.0 Å². The lowest BCUT2D eigenvalue weighted by atomic mass is 9.52. The lowest BCUT2D eigenvalue weighted by molar-refractivity contribution is -0.136. The number of aliphatic hydroxyl groups is 1. The molecule has 0 aliphatic heterocycles. The fraction of sp³-hybridized carbons (Fsp3) is 0.353. The van der Waals surface area contributed by atoms with Crippen molar-refractivity contribution in [2.24, 2.45) is 17.8 Å². The molecule has 4 aliphatic carbocycles. The first-order valence-corrected chi connectivity index (χ1v) is 14.6. The highest BCUT2D eigenvalue weighted by Crippen LogP contribution is 2.55. The van der Waals surface area contributed by atoms with E-state index in [0.29, 0.717) is 45.6 Å². The first kappa shape index (κ1) is 26.6. The van der Waals surface area contributed by atoms with E-state index in [-0.39, 0.29) is 29.5 Å². The third kappa shape index (κ3) is 4.50. The Bertz CT molecular complexity index is 1730. The molecule has 0 unspecified atom stereocenters. The van der Waals surface area contributed by atoms with Gasteiger partial charge in [-0.1, -0.05) is 30.3 Å². The van der Waals surface area contributed by atoms with Crippen LogP contribution in [-0.4, -0.2) is 45.3 Å². The minimum atomic E-state index is -0.630. The second kappa shape index (κ2) is 10.2. The summed E-state index contributed by atoms with van der Waals surface area (Å²) < 4.78 is 6.84. The molecule has 4 bridgehead atoms. The molecule has 4 aromatic rings. The minimum absolute atomic E-state index is 0.0966. The molecule has 4 fully saturated rings. The van der Waals surface area contributed by atoms with E-state index in [4.69, 9.17) is 4.74 Å². The van der Waals surface area contributed by atoms with Crippen molar-refractivity contribution in [1.29, 1.82) is 0 Å². The van der Waals surface area contributed by atoms with Gasteiger partial charge in [0.1, 0.15) is 11.3 Å². The van der Waals surface area contributed by atoms with E-state index in [9.17, 15) is 19.5 Å². The summed E-state index contributed by atoms with van der Waals surface area (Å²) in [4.78, 5) is 44.7. The SMILES string of the molecule is COC(=O)c1c(Cc2ccc(C(=O)N[C@H]3[C@@H]4C[C@H]5C[C@H]3C[C@](O)(C5)C4)cc2)c(=O)c2cccnc2n1-c1ccccc1. The van der Waals surface area contributed by atoms with E-state index >= 15 is 0 Å². The topological polar surface area (TPSA) is 111 Å². The van der Waals surface area contributed by atoms with Crippen LogP contribution in [0.15, 0.2) is 77.7 Å². The summed E-state index contributed by atoms with van der Waals surface area (Å²) in [7, 11) is 1.30. The van der Waals surface area contributed by atoms with Crippen LogP contribution in [0.1, 0.15) is 64.1 Å². The molecule has 2 heterocycles. The van der Waals surface area contributed by atoms with Gasteiger partial charge in [0.2, 0.25) is 0 Å². The number of fused-ring (bicyclic) bond motifs is 1. The zero-order valence-corrected chi connectivity index (χ0v) is 23.5. The number of rotatable bonds is 6. The zero-order valence-electron chi connectivity index (χ0n) is 23.5. The van der Waals surface area contributed by atoms with Crippen LogP contribution in [0.2, 0.25) is 0 Å². The molecule has 8 rings (SSSR count). The van der Waals surface area contributed by atoms with Gasteiger partial charge in [0.25, 0.3) is 5.91 Å². The van der Waals surface area contributed by atoms with Crippen molar-refractivity contribution in [3.05, 3.63) is 106 Å². The molecule has 2 N–H and O–H groups in total. The molecule has 5 atom stereocenters. The van der Waals surface area contributed by atoms with Crippen LogP contribution < -0.4 is 10.7 Å². The van der Waals surface area contributed by atoms with Crippen LogP contribution in [0.3, 0.4) is 0 Å². The van der Waals surface area contributed by atoms with E-state index in [1.165, 1.54) is 7.11 Å². The summed E-state index contributed by atoms with van der Waals surface area (Å²) in [5, 5.41) is 14.6. The number of nitrogens with one attached hydrogen (secondary N) is 1. The number of hydrogen-bond donors (Lipinski definition) is 2. The average Bonchev–Trinajstić information content (AvgIpc) is 2.99. The number of pyridine rings is 2. The summed E-state index contributed by atoms with van der Waals surface area (Å²) in [6.07, 6.45) is 6.37. The molecule has 214 valence electrons. The molecule has 8 nitrogen and oxygen atoms in total. The molecule has 0 saturated heterocycles. The van der Waals surface area contributed by atoms with Crippen LogP contribution >= 0.6 is 0 Å². The molecule has 1 amide bonds. The Kier molecular flexibility index (Phi) is 6.46. The van der Waals surface area contributed by atoms with Gasteiger partial charge in [-0.15, -0.1) is 0 Å².